The minimum atomic E-state index is 1.03. The molecule has 0 saturated heterocycles. The summed E-state index contributed by atoms with van der Waals surface area (Å²) in [6, 6.07) is 17.5. The first kappa shape index (κ1) is 15.3. The van der Waals surface area contributed by atoms with Gasteiger partial charge in [0.2, 0.25) is 0 Å². The van der Waals surface area contributed by atoms with Gasteiger partial charge < -0.3 is 0 Å². The molecule has 0 atom stereocenters. The molecule has 0 unspecified atom stereocenters. The average molecular weight is 298 g/mol. The van der Waals surface area contributed by atoms with Crippen LogP contribution in [0.1, 0.15) is 29.2 Å². The molecule has 0 saturated carbocycles. The highest BCUT2D eigenvalue weighted by Gasteiger charge is 2.12. The molecule has 3 rings (SSSR count). The van der Waals surface area contributed by atoms with Gasteiger partial charge in [-0.1, -0.05) is 85.8 Å². The van der Waals surface area contributed by atoms with E-state index in [2.05, 4.69) is 93.3 Å². The monoisotopic (exact) mass is 298 g/mol. The molecule has 0 aliphatic heterocycles. The second-order valence-electron chi connectivity index (χ2n) is 5.99. The Balaban J connectivity index is 2.11. The molecule has 0 N–H and O–H groups in total. The van der Waals surface area contributed by atoms with E-state index in [4.69, 9.17) is 0 Å². The second-order valence-corrected chi connectivity index (χ2v) is 5.99. The number of rotatable bonds is 3. The third-order valence-corrected chi connectivity index (χ3v) is 4.20. The zero-order chi connectivity index (χ0) is 16.2. The first-order valence-electron chi connectivity index (χ1n) is 8.13. The van der Waals surface area contributed by atoms with Crippen molar-refractivity contribution in [2.45, 2.75) is 20.3 Å². The molecule has 0 bridgehead atoms. The van der Waals surface area contributed by atoms with E-state index >= 15 is 0 Å². The largest absolute Gasteiger partial charge is 0.0917 e. The number of aryl methyl sites for hydroxylation is 2. The van der Waals surface area contributed by atoms with Crippen LogP contribution in [0.2, 0.25) is 0 Å². The van der Waals surface area contributed by atoms with Crippen LogP contribution in [-0.4, -0.2) is 0 Å². The molecule has 0 nitrogen and oxygen atoms in total. The van der Waals surface area contributed by atoms with Crippen molar-refractivity contribution in [2.24, 2.45) is 0 Å². The Bertz CT molecular complexity index is 811. The lowest BCUT2D eigenvalue weighted by atomic mass is 9.90. The fourth-order valence-corrected chi connectivity index (χ4v) is 2.89. The summed E-state index contributed by atoms with van der Waals surface area (Å²) in [6.45, 7) is 8.45. The predicted octanol–water partition coefficient (Wildman–Crippen LogP) is 6.15. The van der Waals surface area contributed by atoms with Crippen molar-refractivity contribution < 1.29 is 0 Å². The summed E-state index contributed by atoms with van der Waals surface area (Å²) in [5.74, 6) is 0. The molecule has 0 fully saturated rings. The average Bonchev–Trinajstić information content (AvgIpc) is 2.76. The maximum atomic E-state index is 4.13. The van der Waals surface area contributed by atoms with Gasteiger partial charge in [-0.3, -0.25) is 0 Å². The summed E-state index contributed by atoms with van der Waals surface area (Å²) in [4.78, 5) is 0. The third kappa shape index (κ3) is 3.43. The molecule has 0 heterocycles. The van der Waals surface area contributed by atoms with Gasteiger partial charge in [0.1, 0.15) is 0 Å². The van der Waals surface area contributed by atoms with Crippen LogP contribution < -0.4 is 0 Å². The Morgan fingerprint density at radius 3 is 2.39 bits per heavy atom. The third-order valence-electron chi connectivity index (χ3n) is 4.20. The first-order chi connectivity index (χ1) is 11.2. The summed E-state index contributed by atoms with van der Waals surface area (Å²) < 4.78 is 0. The van der Waals surface area contributed by atoms with E-state index < -0.39 is 0 Å². The maximum absolute atomic E-state index is 4.13. The normalized spacial score (nSPS) is 14.3. The molecule has 2 aromatic carbocycles. The SMILES string of the molecule is C=C1C=CC=C(c2ccc(CC)cc2)C(c2cccc(C)c2)=C1. The van der Waals surface area contributed by atoms with E-state index in [0.717, 1.165) is 12.0 Å². The molecule has 1 aliphatic rings. The lowest BCUT2D eigenvalue weighted by Crippen LogP contribution is -1.92. The Morgan fingerprint density at radius 2 is 1.70 bits per heavy atom. The summed E-state index contributed by atoms with van der Waals surface area (Å²) in [5, 5.41) is 0. The zero-order valence-corrected chi connectivity index (χ0v) is 13.8. The van der Waals surface area contributed by atoms with Crippen LogP contribution in [0.5, 0.6) is 0 Å². The minimum Gasteiger partial charge on any atom is -0.0917 e. The molecule has 0 spiro atoms. The lowest BCUT2D eigenvalue weighted by molar-refractivity contribution is 1.14. The first-order valence-corrected chi connectivity index (χ1v) is 8.13. The second kappa shape index (κ2) is 6.66. The summed E-state index contributed by atoms with van der Waals surface area (Å²) in [7, 11) is 0. The highest BCUT2D eigenvalue weighted by molar-refractivity contribution is 6.06. The quantitative estimate of drug-likeness (QED) is 0.637. The summed E-state index contributed by atoms with van der Waals surface area (Å²) >= 11 is 0. The van der Waals surface area contributed by atoms with Crippen LogP contribution in [-0.2, 0) is 6.42 Å². The van der Waals surface area contributed by atoms with Gasteiger partial charge in [-0.15, -0.1) is 0 Å². The van der Waals surface area contributed by atoms with E-state index in [1.165, 1.54) is 33.4 Å². The Hall–Kier alpha value is -2.60. The fourth-order valence-electron chi connectivity index (χ4n) is 2.89. The van der Waals surface area contributed by atoms with Crippen molar-refractivity contribution in [2.75, 3.05) is 0 Å². The smallest absolute Gasteiger partial charge is 0.00996 e. The van der Waals surface area contributed by atoms with E-state index in [1.807, 2.05) is 0 Å². The van der Waals surface area contributed by atoms with Gasteiger partial charge in [-0.25, -0.2) is 0 Å². The highest BCUT2D eigenvalue weighted by Crippen LogP contribution is 2.34. The number of hydrogen-bond donors (Lipinski definition) is 0. The fraction of sp³-hybridized carbons (Fsp3) is 0.130. The number of benzene rings is 2. The van der Waals surface area contributed by atoms with Crippen LogP contribution in [0.15, 0.2) is 85.0 Å². The van der Waals surface area contributed by atoms with Crippen molar-refractivity contribution in [3.63, 3.8) is 0 Å². The molecule has 114 valence electrons. The molecular formula is C23H22. The lowest BCUT2D eigenvalue weighted by Gasteiger charge is -2.14. The van der Waals surface area contributed by atoms with E-state index in [-0.39, 0.29) is 0 Å². The van der Waals surface area contributed by atoms with Gasteiger partial charge in [0.05, 0.1) is 0 Å². The van der Waals surface area contributed by atoms with Crippen molar-refractivity contribution in [1.82, 2.24) is 0 Å². The van der Waals surface area contributed by atoms with Crippen LogP contribution >= 0.6 is 0 Å². The van der Waals surface area contributed by atoms with Gasteiger partial charge >= 0.3 is 0 Å². The molecule has 2 aromatic rings. The zero-order valence-electron chi connectivity index (χ0n) is 13.8. The molecule has 23 heavy (non-hydrogen) atoms. The molecule has 0 radical (unpaired) electrons. The molecule has 0 amide bonds. The van der Waals surface area contributed by atoms with Crippen molar-refractivity contribution in [1.29, 1.82) is 0 Å². The number of allylic oxidation sites excluding steroid dienone is 7. The molecular weight excluding hydrogens is 276 g/mol. The maximum Gasteiger partial charge on any atom is -0.00996 e. The highest BCUT2D eigenvalue weighted by atomic mass is 14.2. The summed E-state index contributed by atoms with van der Waals surface area (Å²) in [6.07, 6.45) is 9.58. The minimum absolute atomic E-state index is 1.03. The van der Waals surface area contributed by atoms with Gasteiger partial charge in [0.25, 0.3) is 0 Å². The van der Waals surface area contributed by atoms with Gasteiger partial charge in [-0.2, -0.15) is 0 Å². The van der Waals surface area contributed by atoms with Crippen LogP contribution in [0.3, 0.4) is 0 Å². The van der Waals surface area contributed by atoms with Crippen molar-refractivity contribution in [3.05, 3.63) is 107 Å². The Labute approximate surface area is 139 Å². The number of hydrogen-bond acceptors (Lipinski definition) is 0. The van der Waals surface area contributed by atoms with Crippen LogP contribution in [0.25, 0.3) is 11.1 Å². The van der Waals surface area contributed by atoms with Gasteiger partial charge in [0.15, 0.2) is 0 Å². The molecule has 0 aromatic heterocycles. The predicted molar refractivity (Wildman–Crippen MR) is 101 cm³/mol. The van der Waals surface area contributed by atoms with E-state index in [9.17, 15) is 0 Å². The summed E-state index contributed by atoms with van der Waals surface area (Å²) in [5.41, 5.74) is 8.62. The van der Waals surface area contributed by atoms with Crippen LogP contribution in [0, 0.1) is 6.92 Å². The van der Waals surface area contributed by atoms with Crippen molar-refractivity contribution in [3.8, 4) is 0 Å². The standard InChI is InChI=1S/C23H22/c1-4-19-11-13-20(14-12-19)22-10-6-8-18(3)16-23(22)21-9-5-7-17(2)15-21/h5-16H,3-4H2,1-2H3. The van der Waals surface area contributed by atoms with E-state index in [1.54, 1.807) is 0 Å². The molecule has 0 heteroatoms. The molecule has 1 aliphatic carbocycles. The Morgan fingerprint density at radius 1 is 0.913 bits per heavy atom. The van der Waals surface area contributed by atoms with Gasteiger partial charge in [0, 0.05) is 0 Å². The van der Waals surface area contributed by atoms with E-state index in [0.29, 0.717) is 0 Å². The van der Waals surface area contributed by atoms with Crippen LogP contribution in [0.4, 0.5) is 0 Å². The Kier molecular flexibility index (Phi) is 4.43. The topological polar surface area (TPSA) is 0 Å². The van der Waals surface area contributed by atoms with Gasteiger partial charge in [-0.05, 0) is 52.8 Å². The van der Waals surface area contributed by atoms with Crippen molar-refractivity contribution >= 4 is 11.1 Å².